The molecule has 3 rings (SSSR count). The Bertz CT molecular complexity index is 981. The molecule has 24 heavy (non-hydrogen) atoms. The zero-order valence-corrected chi connectivity index (χ0v) is 14.6. The largest absolute Gasteiger partial charge is 2.00 e. The molecule has 1 aromatic carbocycles. The summed E-state index contributed by atoms with van der Waals surface area (Å²) in [5.41, 5.74) is 0.614. The monoisotopic (exact) mass is 387 g/mol. The summed E-state index contributed by atoms with van der Waals surface area (Å²) in [6, 6.07) is 4.42. The van der Waals surface area contributed by atoms with Gasteiger partial charge in [0, 0.05) is 28.6 Å². The van der Waals surface area contributed by atoms with E-state index in [1.807, 2.05) is 6.92 Å². The number of fused-ring (bicyclic) bond motifs is 1. The summed E-state index contributed by atoms with van der Waals surface area (Å²) < 4.78 is 6.57. The number of hydrogen-bond acceptors (Lipinski definition) is 7. The van der Waals surface area contributed by atoms with Crippen molar-refractivity contribution in [1.29, 1.82) is 0 Å². The molecule has 125 valence electrons. The van der Waals surface area contributed by atoms with Gasteiger partial charge in [-0.25, -0.2) is 9.47 Å². The van der Waals surface area contributed by atoms with E-state index >= 15 is 0 Å². The normalized spacial score (nSPS) is 11.1. The van der Waals surface area contributed by atoms with Crippen molar-refractivity contribution in [1.82, 2.24) is 14.9 Å². The second kappa shape index (κ2) is 7.12. The van der Waals surface area contributed by atoms with Gasteiger partial charge in [0.05, 0.1) is 6.21 Å². The summed E-state index contributed by atoms with van der Waals surface area (Å²) in [6.07, 6.45) is 1.92. The molecule has 0 N–H and O–H groups in total. The average Bonchev–Trinajstić information content (AvgIpc) is 2.86. The third-order valence-corrected chi connectivity index (χ3v) is 3.67. The first kappa shape index (κ1) is 18.1. The molecule has 2 aromatic heterocycles. The van der Waals surface area contributed by atoms with E-state index in [-0.39, 0.29) is 38.8 Å². The summed E-state index contributed by atoms with van der Waals surface area (Å²) in [5.74, 6) is 0.281. The number of hydrogen-bond donors (Lipinski definition) is 0. The van der Waals surface area contributed by atoms with Crippen LogP contribution in [0.25, 0.3) is 11.0 Å². The van der Waals surface area contributed by atoms with Gasteiger partial charge >= 0.3 is 22.4 Å². The first-order valence-corrected chi connectivity index (χ1v) is 7.32. The zero-order valence-electron chi connectivity index (χ0n) is 12.8. The summed E-state index contributed by atoms with van der Waals surface area (Å²) in [7, 11) is 0. The summed E-state index contributed by atoms with van der Waals surface area (Å²) >= 11 is 5.05. The molecule has 0 fully saturated rings. The van der Waals surface area contributed by atoms with Crippen molar-refractivity contribution in [2.75, 3.05) is 0 Å². The Morgan fingerprint density at radius 3 is 2.88 bits per heavy atom. The molecule has 0 atom stereocenters. The van der Waals surface area contributed by atoms with Crippen LogP contribution in [0.1, 0.15) is 23.9 Å². The van der Waals surface area contributed by atoms with Gasteiger partial charge in [0.1, 0.15) is 5.58 Å². The minimum absolute atomic E-state index is 0. The van der Waals surface area contributed by atoms with Crippen LogP contribution < -0.4 is 10.7 Å². The van der Waals surface area contributed by atoms with Crippen LogP contribution in [0.3, 0.4) is 0 Å². The van der Waals surface area contributed by atoms with Crippen LogP contribution in [-0.4, -0.2) is 21.1 Å². The third kappa shape index (κ3) is 3.18. The van der Waals surface area contributed by atoms with Crippen LogP contribution in [-0.2, 0) is 35.8 Å². The molecule has 2 heterocycles. The number of nitrogens with zero attached hydrogens (tertiary/aromatic N) is 4. The van der Waals surface area contributed by atoms with Crippen molar-refractivity contribution in [3.63, 3.8) is 0 Å². The molecule has 0 amide bonds. The quantitative estimate of drug-likeness (QED) is 0.380. The summed E-state index contributed by atoms with van der Waals surface area (Å²) in [4.78, 5) is 11.6. The van der Waals surface area contributed by atoms with E-state index in [1.54, 1.807) is 13.0 Å². The Morgan fingerprint density at radius 1 is 1.42 bits per heavy atom. The van der Waals surface area contributed by atoms with Crippen molar-refractivity contribution in [3.05, 3.63) is 45.6 Å². The van der Waals surface area contributed by atoms with Gasteiger partial charge in [-0.1, -0.05) is 24.8 Å². The van der Waals surface area contributed by atoms with Gasteiger partial charge < -0.3 is 22.2 Å². The molecular formula is C15H12CoN4O3S. The molecule has 0 bridgehead atoms. The van der Waals surface area contributed by atoms with E-state index in [9.17, 15) is 9.90 Å². The molecule has 1 radical (unpaired) electrons. The van der Waals surface area contributed by atoms with E-state index < -0.39 is 5.63 Å². The molecule has 9 heteroatoms. The van der Waals surface area contributed by atoms with Gasteiger partial charge in [-0.15, -0.1) is 5.10 Å². The SMILES string of the molecule is CCc1nnc([S-])n1/N=C/c1c([O-])ccc2c(C)cc(=O)oc12.[Co+2]. The molecular weight excluding hydrogens is 375 g/mol. The first-order valence-electron chi connectivity index (χ1n) is 6.91. The van der Waals surface area contributed by atoms with Crippen LogP contribution in [0.4, 0.5) is 0 Å². The van der Waals surface area contributed by atoms with Crippen molar-refractivity contribution in [2.45, 2.75) is 25.4 Å². The maximum absolute atomic E-state index is 12.1. The Kier molecular flexibility index (Phi) is 5.37. The van der Waals surface area contributed by atoms with E-state index in [4.69, 9.17) is 17.0 Å². The van der Waals surface area contributed by atoms with Crippen LogP contribution in [0.15, 0.2) is 37.7 Å². The van der Waals surface area contributed by atoms with E-state index in [0.29, 0.717) is 17.6 Å². The van der Waals surface area contributed by atoms with Crippen molar-refractivity contribution in [3.8, 4) is 5.75 Å². The van der Waals surface area contributed by atoms with Gasteiger partial charge in [0.25, 0.3) is 0 Å². The predicted octanol–water partition coefficient (Wildman–Crippen LogP) is 1.11. The molecule has 0 saturated carbocycles. The standard InChI is InChI=1S/C15H14N4O3S.Co/c1-3-12-17-18-15(23)19(12)16-7-10-11(20)5-4-9-8(2)6-13(21)22-14(9)10;/h4-7,20H,3H2,1-2H3,(H,18,23);/q;+2/p-2/b16-7+;. The fraction of sp³-hybridized carbons (Fsp3) is 0.200. The molecule has 3 aromatic rings. The fourth-order valence-corrected chi connectivity index (χ4v) is 2.45. The molecule has 0 aliphatic heterocycles. The molecule has 0 aliphatic carbocycles. The minimum Gasteiger partial charge on any atom is -0.872 e. The average molecular weight is 387 g/mol. The molecule has 0 saturated heterocycles. The van der Waals surface area contributed by atoms with E-state index in [2.05, 4.69) is 15.3 Å². The Labute approximate surface area is 153 Å². The van der Waals surface area contributed by atoms with E-state index in [0.717, 1.165) is 5.56 Å². The predicted molar refractivity (Wildman–Crippen MR) is 84.7 cm³/mol. The fourth-order valence-electron chi connectivity index (χ4n) is 2.26. The number of benzene rings is 1. The molecule has 0 spiro atoms. The topological polar surface area (TPSA) is 96.3 Å². The van der Waals surface area contributed by atoms with Gasteiger partial charge in [0.2, 0.25) is 0 Å². The van der Waals surface area contributed by atoms with Gasteiger partial charge in [0.15, 0.2) is 5.82 Å². The van der Waals surface area contributed by atoms with Gasteiger partial charge in [-0.2, -0.15) is 10.2 Å². The van der Waals surface area contributed by atoms with Crippen molar-refractivity contribution in [2.24, 2.45) is 5.10 Å². The maximum atomic E-state index is 12.1. The van der Waals surface area contributed by atoms with Crippen molar-refractivity contribution >= 4 is 29.8 Å². The third-order valence-electron chi connectivity index (χ3n) is 3.41. The Hall–Kier alpha value is -2.23. The van der Waals surface area contributed by atoms with Crippen molar-refractivity contribution < 1.29 is 26.3 Å². The number of aromatic nitrogens is 3. The molecule has 0 unspecified atom stereocenters. The van der Waals surface area contributed by atoms with Crippen LogP contribution in [0.2, 0.25) is 0 Å². The smallest absolute Gasteiger partial charge is 0.872 e. The molecule has 0 aliphatic rings. The summed E-state index contributed by atoms with van der Waals surface area (Å²) in [5, 5.41) is 24.9. The Balaban J connectivity index is 0.00000208. The van der Waals surface area contributed by atoms with Gasteiger partial charge in [-0.05, 0) is 12.5 Å². The Morgan fingerprint density at radius 2 is 2.17 bits per heavy atom. The molecule has 7 nitrogen and oxygen atoms in total. The van der Waals surface area contributed by atoms with Crippen LogP contribution in [0.5, 0.6) is 5.75 Å². The number of rotatable bonds is 3. The van der Waals surface area contributed by atoms with Crippen LogP contribution in [0, 0.1) is 6.92 Å². The second-order valence-corrected chi connectivity index (χ2v) is 5.28. The maximum Gasteiger partial charge on any atom is 2.00 e. The van der Waals surface area contributed by atoms with Crippen LogP contribution >= 0.6 is 0 Å². The zero-order chi connectivity index (χ0) is 16.6. The van der Waals surface area contributed by atoms with E-state index in [1.165, 1.54) is 23.0 Å². The summed E-state index contributed by atoms with van der Waals surface area (Å²) in [6.45, 7) is 3.67. The second-order valence-electron chi connectivity index (χ2n) is 4.91. The number of aryl methyl sites for hydroxylation is 2. The minimum atomic E-state index is -0.516. The van der Waals surface area contributed by atoms with Gasteiger partial charge in [-0.3, -0.25) is 0 Å². The first-order chi connectivity index (χ1) is 11.0.